The second-order valence-electron chi connectivity index (χ2n) is 5.90. The number of nitrogens with zero attached hydrogens (tertiary/aromatic N) is 2. The SMILES string of the molecule is Cc1cc(C)c(CNC(=O)Cn2ncc(=O)c3ccccc32)c(=O)[nH]1. The van der Waals surface area contributed by atoms with E-state index in [9.17, 15) is 14.4 Å². The van der Waals surface area contributed by atoms with Crippen LogP contribution in [0.15, 0.2) is 46.1 Å². The van der Waals surface area contributed by atoms with Crippen molar-refractivity contribution in [3.05, 3.63) is 73.9 Å². The van der Waals surface area contributed by atoms with Crippen molar-refractivity contribution in [2.75, 3.05) is 0 Å². The molecule has 0 atom stereocenters. The zero-order chi connectivity index (χ0) is 18.0. The molecule has 1 aromatic carbocycles. The molecule has 0 saturated carbocycles. The summed E-state index contributed by atoms with van der Waals surface area (Å²) in [4.78, 5) is 38.8. The standard InChI is InChI=1S/C18H18N4O3/c1-11-7-12(2)21-18(25)14(11)8-19-17(24)10-22-15-6-4-3-5-13(15)16(23)9-20-22/h3-7,9H,8,10H2,1-2H3,(H,19,24)(H,21,25). The van der Waals surface area contributed by atoms with Gasteiger partial charge in [0.2, 0.25) is 11.3 Å². The smallest absolute Gasteiger partial charge is 0.253 e. The summed E-state index contributed by atoms with van der Waals surface area (Å²) in [5.74, 6) is -0.291. The Balaban J connectivity index is 1.77. The molecule has 1 amide bonds. The van der Waals surface area contributed by atoms with Crippen molar-refractivity contribution in [2.24, 2.45) is 0 Å². The zero-order valence-corrected chi connectivity index (χ0v) is 14.0. The molecular formula is C18H18N4O3. The quantitative estimate of drug-likeness (QED) is 0.742. The molecule has 0 spiro atoms. The molecule has 3 aromatic rings. The number of amides is 1. The lowest BCUT2D eigenvalue weighted by Crippen LogP contribution is -2.31. The second-order valence-corrected chi connectivity index (χ2v) is 5.90. The lowest BCUT2D eigenvalue weighted by molar-refractivity contribution is -0.121. The Morgan fingerprint density at radius 1 is 1.24 bits per heavy atom. The van der Waals surface area contributed by atoms with E-state index in [1.54, 1.807) is 24.3 Å². The number of aromatic amines is 1. The Morgan fingerprint density at radius 2 is 2.00 bits per heavy atom. The van der Waals surface area contributed by atoms with Crippen molar-refractivity contribution in [2.45, 2.75) is 26.9 Å². The van der Waals surface area contributed by atoms with Crippen LogP contribution in [0, 0.1) is 13.8 Å². The fourth-order valence-corrected chi connectivity index (χ4v) is 2.77. The fraction of sp³-hybridized carbons (Fsp3) is 0.222. The molecule has 3 rings (SSSR count). The third-order valence-corrected chi connectivity index (χ3v) is 4.01. The first kappa shape index (κ1) is 16.6. The van der Waals surface area contributed by atoms with Gasteiger partial charge >= 0.3 is 0 Å². The Labute approximate surface area is 143 Å². The van der Waals surface area contributed by atoms with E-state index < -0.39 is 0 Å². The monoisotopic (exact) mass is 338 g/mol. The summed E-state index contributed by atoms with van der Waals surface area (Å²) in [5, 5.41) is 7.26. The van der Waals surface area contributed by atoms with Gasteiger partial charge in [0.15, 0.2) is 0 Å². The van der Waals surface area contributed by atoms with E-state index in [1.165, 1.54) is 10.9 Å². The van der Waals surface area contributed by atoms with Crippen molar-refractivity contribution in [3.63, 3.8) is 0 Å². The van der Waals surface area contributed by atoms with Crippen LogP contribution in [-0.4, -0.2) is 20.7 Å². The van der Waals surface area contributed by atoms with Gasteiger partial charge in [-0.15, -0.1) is 0 Å². The van der Waals surface area contributed by atoms with Crippen molar-refractivity contribution in [1.82, 2.24) is 20.1 Å². The van der Waals surface area contributed by atoms with Crippen LogP contribution in [0.4, 0.5) is 0 Å². The van der Waals surface area contributed by atoms with Crippen LogP contribution in [0.25, 0.3) is 10.9 Å². The minimum absolute atomic E-state index is 0.0381. The maximum atomic E-state index is 12.2. The highest BCUT2D eigenvalue weighted by molar-refractivity contribution is 5.81. The molecule has 2 N–H and O–H groups in total. The molecule has 0 fully saturated rings. The van der Waals surface area contributed by atoms with E-state index in [2.05, 4.69) is 15.4 Å². The van der Waals surface area contributed by atoms with Crippen LogP contribution in [0.1, 0.15) is 16.8 Å². The fourth-order valence-electron chi connectivity index (χ4n) is 2.77. The largest absolute Gasteiger partial charge is 0.350 e. The summed E-state index contributed by atoms with van der Waals surface area (Å²) >= 11 is 0. The summed E-state index contributed by atoms with van der Waals surface area (Å²) in [6.45, 7) is 3.74. The van der Waals surface area contributed by atoms with Crippen molar-refractivity contribution in [3.8, 4) is 0 Å². The van der Waals surface area contributed by atoms with Crippen LogP contribution in [0.3, 0.4) is 0 Å². The number of para-hydroxylation sites is 1. The number of hydrogen-bond acceptors (Lipinski definition) is 4. The van der Waals surface area contributed by atoms with E-state index in [0.29, 0.717) is 16.5 Å². The highest BCUT2D eigenvalue weighted by Gasteiger charge is 2.10. The minimum atomic E-state index is -0.291. The van der Waals surface area contributed by atoms with Gasteiger partial charge in [0.25, 0.3) is 5.56 Å². The third kappa shape index (κ3) is 3.50. The van der Waals surface area contributed by atoms with Gasteiger partial charge < -0.3 is 10.3 Å². The number of rotatable bonds is 4. The lowest BCUT2D eigenvalue weighted by Gasteiger charge is -2.11. The van der Waals surface area contributed by atoms with Crippen LogP contribution in [0.2, 0.25) is 0 Å². The highest BCUT2D eigenvalue weighted by Crippen LogP contribution is 2.08. The number of fused-ring (bicyclic) bond motifs is 1. The van der Waals surface area contributed by atoms with Gasteiger partial charge in [-0.3, -0.25) is 19.1 Å². The molecule has 2 aromatic heterocycles. The number of aryl methyl sites for hydroxylation is 2. The lowest BCUT2D eigenvalue weighted by atomic mass is 10.1. The van der Waals surface area contributed by atoms with Gasteiger partial charge in [0.05, 0.1) is 11.7 Å². The minimum Gasteiger partial charge on any atom is -0.350 e. The summed E-state index contributed by atoms with van der Waals surface area (Å²) in [5.41, 5.74) is 2.33. The van der Waals surface area contributed by atoms with Gasteiger partial charge in [-0.25, -0.2) is 0 Å². The number of carbonyl (C=O) groups excluding carboxylic acids is 1. The number of nitrogens with one attached hydrogen (secondary N) is 2. The maximum absolute atomic E-state index is 12.2. The molecule has 0 radical (unpaired) electrons. The van der Waals surface area contributed by atoms with E-state index in [0.717, 1.165) is 11.3 Å². The molecular weight excluding hydrogens is 320 g/mol. The number of aromatic nitrogens is 3. The predicted octanol–water partition coefficient (Wildman–Crippen LogP) is 1.02. The predicted molar refractivity (Wildman–Crippen MR) is 94.4 cm³/mol. The maximum Gasteiger partial charge on any atom is 0.253 e. The first-order chi connectivity index (χ1) is 12.0. The van der Waals surface area contributed by atoms with E-state index in [4.69, 9.17) is 0 Å². The molecule has 0 aliphatic rings. The van der Waals surface area contributed by atoms with Crippen molar-refractivity contribution < 1.29 is 4.79 Å². The Hall–Kier alpha value is -3.22. The van der Waals surface area contributed by atoms with E-state index in [1.807, 2.05) is 19.9 Å². The molecule has 2 heterocycles. The van der Waals surface area contributed by atoms with Crippen LogP contribution in [-0.2, 0) is 17.9 Å². The molecule has 25 heavy (non-hydrogen) atoms. The van der Waals surface area contributed by atoms with Gasteiger partial charge in [0.1, 0.15) is 6.54 Å². The first-order valence-corrected chi connectivity index (χ1v) is 7.86. The number of hydrogen-bond donors (Lipinski definition) is 2. The second kappa shape index (κ2) is 6.72. The Morgan fingerprint density at radius 3 is 2.76 bits per heavy atom. The third-order valence-electron chi connectivity index (χ3n) is 4.01. The van der Waals surface area contributed by atoms with E-state index in [-0.39, 0.29) is 30.0 Å². The summed E-state index contributed by atoms with van der Waals surface area (Å²) < 4.78 is 1.47. The normalized spacial score (nSPS) is 10.8. The van der Waals surface area contributed by atoms with Crippen LogP contribution < -0.4 is 16.3 Å². The molecule has 0 aliphatic carbocycles. The van der Waals surface area contributed by atoms with Gasteiger partial charge in [-0.1, -0.05) is 12.1 Å². The number of benzene rings is 1. The average molecular weight is 338 g/mol. The van der Waals surface area contributed by atoms with E-state index >= 15 is 0 Å². The molecule has 0 saturated heterocycles. The number of H-pyrrole nitrogens is 1. The number of carbonyl (C=O) groups is 1. The van der Waals surface area contributed by atoms with Crippen LogP contribution >= 0.6 is 0 Å². The molecule has 7 nitrogen and oxygen atoms in total. The van der Waals surface area contributed by atoms with Gasteiger partial charge in [0, 0.05) is 23.2 Å². The molecule has 128 valence electrons. The topological polar surface area (TPSA) is 96.8 Å². The first-order valence-electron chi connectivity index (χ1n) is 7.86. The van der Waals surface area contributed by atoms with Crippen LogP contribution in [0.5, 0.6) is 0 Å². The Bertz CT molecular complexity index is 1070. The molecule has 0 aliphatic heterocycles. The summed E-state index contributed by atoms with van der Waals surface area (Å²) in [6.07, 6.45) is 1.20. The van der Waals surface area contributed by atoms with Crippen molar-refractivity contribution in [1.29, 1.82) is 0 Å². The Kier molecular flexibility index (Phi) is 4.47. The summed E-state index contributed by atoms with van der Waals surface area (Å²) in [6, 6.07) is 8.85. The van der Waals surface area contributed by atoms with Gasteiger partial charge in [-0.2, -0.15) is 5.10 Å². The van der Waals surface area contributed by atoms with Gasteiger partial charge in [-0.05, 0) is 37.6 Å². The molecule has 0 bridgehead atoms. The highest BCUT2D eigenvalue weighted by atomic mass is 16.2. The molecule has 7 heteroatoms. The zero-order valence-electron chi connectivity index (χ0n) is 14.0. The number of pyridine rings is 1. The molecule has 0 unspecified atom stereocenters. The average Bonchev–Trinajstić information content (AvgIpc) is 2.57. The van der Waals surface area contributed by atoms with Crippen molar-refractivity contribution >= 4 is 16.8 Å². The summed E-state index contributed by atoms with van der Waals surface area (Å²) in [7, 11) is 0.